The third kappa shape index (κ3) is 3.51. The van der Waals surface area contributed by atoms with Gasteiger partial charge in [-0.15, -0.1) is 0 Å². The number of aryl methyl sites for hydroxylation is 1. The molecule has 2 aromatic carbocycles. The van der Waals surface area contributed by atoms with Gasteiger partial charge in [-0.2, -0.15) is 0 Å². The molecule has 6 heteroatoms. The van der Waals surface area contributed by atoms with Crippen LogP contribution in [0, 0.1) is 6.92 Å². The van der Waals surface area contributed by atoms with Gasteiger partial charge in [-0.25, -0.2) is 0 Å². The normalized spacial score (nSPS) is 17.8. The highest BCUT2D eigenvalue weighted by molar-refractivity contribution is 6.31. The molecule has 25 heavy (non-hydrogen) atoms. The maximum atomic E-state index is 12.8. The van der Waals surface area contributed by atoms with Gasteiger partial charge >= 0.3 is 0 Å². The molecule has 1 aliphatic rings. The van der Waals surface area contributed by atoms with Crippen LogP contribution in [0.5, 0.6) is 0 Å². The van der Waals surface area contributed by atoms with Crippen LogP contribution < -0.4 is 4.90 Å². The Bertz CT molecular complexity index is 838. The minimum absolute atomic E-state index is 0.124. The highest BCUT2D eigenvalue weighted by Crippen LogP contribution is 2.26. The Balaban J connectivity index is 1.81. The van der Waals surface area contributed by atoms with Crippen molar-refractivity contribution < 1.29 is 9.59 Å². The van der Waals surface area contributed by atoms with Gasteiger partial charge in [-0.1, -0.05) is 35.3 Å². The lowest BCUT2D eigenvalue weighted by atomic mass is 10.1. The predicted octanol–water partition coefficient (Wildman–Crippen LogP) is 4.18. The van der Waals surface area contributed by atoms with E-state index in [2.05, 4.69) is 0 Å². The highest BCUT2D eigenvalue weighted by atomic mass is 35.5. The Labute approximate surface area is 156 Å². The summed E-state index contributed by atoms with van der Waals surface area (Å²) in [6.45, 7) is 4.53. The van der Waals surface area contributed by atoms with Gasteiger partial charge in [0.05, 0.1) is 0 Å². The lowest BCUT2D eigenvalue weighted by Gasteiger charge is -2.39. The van der Waals surface area contributed by atoms with Crippen LogP contribution in [0.25, 0.3) is 0 Å². The summed E-state index contributed by atoms with van der Waals surface area (Å²) < 4.78 is 0. The van der Waals surface area contributed by atoms with Crippen LogP contribution in [0.1, 0.15) is 22.8 Å². The first-order valence-corrected chi connectivity index (χ1v) is 8.78. The Hall–Kier alpha value is -2.04. The largest absolute Gasteiger partial charge is 0.325 e. The summed E-state index contributed by atoms with van der Waals surface area (Å²) in [4.78, 5) is 28.8. The van der Waals surface area contributed by atoms with Gasteiger partial charge in [-0.3, -0.25) is 9.59 Å². The smallest absolute Gasteiger partial charge is 0.254 e. The molecule has 0 saturated carbocycles. The van der Waals surface area contributed by atoms with Gasteiger partial charge in [0, 0.05) is 34.4 Å². The Morgan fingerprint density at radius 1 is 1.12 bits per heavy atom. The third-order valence-electron chi connectivity index (χ3n) is 4.45. The zero-order valence-electron chi connectivity index (χ0n) is 14.0. The van der Waals surface area contributed by atoms with E-state index in [0.29, 0.717) is 28.7 Å². The predicted molar refractivity (Wildman–Crippen MR) is 100 cm³/mol. The minimum Gasteiger partial charge on any atom is -0.325 e. The standard InChI is InChI=1S/C19H18Cl2N2O2/c1-12-6-7-16(11-17(12)21)23-9-8-22(13(2)18(23)24)19(25)14-4-3-5-15(20)10-14/h3-7,10-11,13H,8-9H2,1-2H3/t13-/m0/s1. The fourth-order valence-corrected chi connectivity index (χ4v) is 3.31. The molecule has 0 aliphatic carbocycles. The number of halogens is 2. The Morgan fingerprint density at radius 3 is 2.56 bits per heavy atom. The molecule has 0 spiro atoms. The van der Waals surface area contributed by atoms with Crippen molar-refractivity contribution in [1.82, 2.24) is 4.90 Å². The number of piperazine rings is 1. The van der Waals surface area contributed by atoms with Crippen LogP contribution >= 0.6 is 23.2 Å². The molecule has 1 heterocycles. The molecule has 1 aliphatic heterocycles. The molecular weight excluding hydrogens is 359 g/mol. The zero-order valence-corrected chi connectivity index (χ0v) is 15.5. The van der Waals surface area contributed by atoms with Crippen LogP contribution in [0.2, 0.25) is 10.0 Å². The molecule has 1 atom stereocenters. The number of carbonyl (C=O) groups is 2. The van der Waals surface area contributed by atoms with Gasteiger partial charge in [0.1, 0.15) is 6.04 Å². The van der Waals surface area contributed by atoms with E-state index in [1.54, 1.807) is 47.1 Å². The molecule has 4 nitrogen and oxygen atoms in total. The second kappa shape index (κ2) is 7.06. The van der Waals surface area contributed by atoms with E-state index in [1.165, 1.54) is 0 Å². The molecule has 1 fully saturated rings. The van der Waals surface area contributed by atoms with Crippen molar-refractivity contribution in [2.75, 3.05) is 18.0 Å². The van der Waals surface area contributed by atoms with Gasteiger partial charge in [-0.05, 0) is 49.7 Å². The maximum absolute atomic E-state index is 12.8. The lowest BCUT2D eigenvalue weighted by molar-refractivity contribution is -0.124. The highest BCUT2D eigenvalue weighted by Gasteiger charge is 2.35. The van der Waals surface area contributed by atoms with E-state index in [0.717, 1.165) is 11.3 Å². The van der Waals surface area contributed by atoms with Crippen LogP contribution in [-0.4, -0.2) is 35.8 Å². The van der Waals surface area contributed by atoms with Crippen molar-refractivity contribution in [2.24, 2.45) is 0 Å². The molecule has 1 saturated heterocycles. The average molecular weight is 377 g/mol. The van der Waals surface area contributed by atoms with Crippen molar-refractivity contribution in [2.45, 2.75) is 19.9 Å². The summed E-state index contributed by atoms with van der Waals surface area (Å²) in [7, 11) is 0. The number of nitrogens with zero attached hydrogens (tertiary/aromatic N) is 2. The van der Waals surface area contributed by atoms with E-state index in [1.807, 2.05) is 19.1 Å². The number of carbonyl (C=O) groups excluding carboxylic acids is 2. The van der Waals surface area contributed by atoms with Crippen molar-refractivity contribution in [3.63, 3.8) is 0 Å². The van der Waals surface area contributed by atoms with E-state index >= 15 is 0 Å². The number of hydrogen-bond acceptors (Lipinski definition) is 2. The van der Waals surface area contributed by atoms with Crippen LogP contribution in [0.3, 0.4) is 0 Å². The fraction of sp³-hybridized carbons (Fsp3) is 0.263. The lowest BCUT2D eigenvalue weighted by Crippen LogP contribution is -2.57. The Kier molecular flexibility index (Phi) is 5.02. The summed E-state index contributed by atoms with van der Waals surface area (Å²) in [5.41, 5.74) is 2.20. The van der Waals surface area contributed by atoms with E-state index in [9.17, 15) is 9.59 Å². The Morgan fingerprint density at radius 2 is 1.88 bits per heavy atom. The second-order valence-corrected chi connectivity index (χ2v) is 6.95. The number of rotatable bonds is 2. The first kappa shape index (κ1) is 17.8. The molecule has 0 aromatic heterocycles. The van der Waals surface area contributed by atoms with Gasteiger partial charge in [0.2, 0.25) is 5.91 Å². The number of amides is 2. The van der Waals surface area contributed by atoms with Crippen LogP contribution in [0.4, 0.5) is 5.69 Å². The summed E-state index contributed by atoms with van der Waals surface area (Å²) in [6.07, 6.45) is 0. The zero-order chi connectivity index (χ0) is 18.1. The summed E-state index contributed by atoms with van der Waals surface area (Å²) in [5, 5.41) is 1.12. The van der Waals surface area contributed by atoms with E-state index in [-0.39, 0.29) is 11.8 Å². The number of anilines is 1. The molecule has 130 valence electrons. The van der Waals surface area contributed by atoms with Gasteiger partial charge < -0.3 is 9.80 Å². The molecule has 0 unspecified atom stereocenters. The first-order valence-electron chi connectivity index (χ1n) is 8.02. The maximum Gasteiger partial charge on any atom is 0.254 e. The van der Waals surface area contributed by atoms with Crippen molar-refractivity contribution in [1.29, 1.82) is 0 Å². The van der Waals surface area contributed by atoms with E-state index < -0.39 is 6.04 Å². The van der Waals surface area contributed by atoms with E-state index in [4.69, 9.17) is 23.2 Å². The van der Waals surface area contributed by atoms with Crippen LogP contribution in [0.15, 0.2) is 42.5 Å². The van der Waals surface area contributed by atoms with Gasteiger partial charge in [0.25, 0.3) is 5.91 Å². The SMILES string of the molecule is Cc1ccc(N2CCN(C(=O)c3cccc(Cl)c3)[C@@H](C)C2=O)cc1Cl. The molecule has 2 amide bonds. The second-order valence-electron chi connectivity index (χ2n) is 6.11. The summed E-state index contributed by atoms with van der Waals surface area (Å²) >= 11 is 12.1. The van der Waals surface area contributed by atoms with Crippen molar-refractivity contribution in [3.05, 3.63) is 63.6 Å². The molecule has 2 aromatic rings. The summed E-state index contributed by atoms with van der Waals surface area (Å²) in [5.74, 6) is -0.313. The topological polar surface area (TPSA) is 40.6 Å². The summed E-state index contributed by atoms with van der Waals surface area (Å²) in [6, 6.07) is 11.8. The quantitative estimate of drug-likeness (QED) is 0.788. The molecule has 0 radical (unpaired) electrons. The number of benzene rings is 2. The number of hydrogen-bond donors (Lipinski definition) is 0. The minimum atomic E-state index is -0.555. The van der Waals surface area contributed by atoms with Crippen molar-refractivity contribution >= 4 is 40.7 Å². The first-order chi connectivity index (χ1) is 11.9. The van der Waals surface area contributed by atoms with Crippen molar-refractivity contribution in [3.8, 4) is 0 Å². The molecule has 0 bridgehead atoms. The molecular formula is C19H18Cl2N2O2. The molecule has 3 rings (SSSR count). The van der Waals surface area contributed by atoms with Crippen LogP contribution in [-0.2, 0) is 4.79 Å². The monoisotopic (exact) mass is 376 g/mol. The molecule has 0 N–H and O–H groups in total. The fourth-order valence-electron chi connectivity index (χ4n) is 2.94. The van der Waals surface area contributed by atoms with Gasteiger partial charge in [0.15, 0.2) is 0 Å². The average Bonchev–Trinajstić information content (AvgIpc) is 2.59. The third-order valence-corrected chi connectivity index (χ3v) is 5.10.